The number of likely N-dealkylation sites (tertiary alicyclic amines) is 1. The van der Waals surface area contributed by atoms with Crippen LogP contribution in [0.3, 0.4) is 0 Å². The van der Waals surface area contributed by atoms with Gasteiger partial charge in [0.25, 0.3) is 0 Å². The van der Waals surface area contributed by atoms with Gasteiger partial charge in [0, 0.05) is 12.6 Å². The van der Waals surface area contributed by atoms with Crippen molar-refractivity contribution < 1.29 is 9.84 Å². The second-order valence-electron chi connectivity index (χ2n) is 4.67. The lowest BCUT2D eigenvalue weighted by Crippen LogP contribution is -2.55. The first-order valence-electron chi connectivity index (χ1n) is 5.51. The lowest BCUT2D eigenvalue weighted by molar-refractivity contribution is -0.0535. The van der Waals surface area contributed by atoms with E-state index in [-0.39, 0.29) is 5.54 Å². The zero-order valence-electron chi connectivity index (χ0n) is 9.62. The minimum absolute atomic E-state index is 0.156. The molecule has 0 aromatic rings. The smallest absolute Gasteiger partial charge is 0.0951 e. The van der Waals surface area contributed by atoms with Crippen molar-refractivity contribution in [3.63, 3.8) is 0 Å². The monoisotopic (exact) mass is 201 g/mol. The van der Waals surface area contributed by atoms with Crippen molar-refractivity contribution in [3.8, 4) is 0 Å². The van der Waals surface area contributed by atoms with Crippen molar-refractivity contribution in [2.75, 3.05) is 26.8 Å². The summed E-state index contributed by atoms with van der Waals surface area (Å²) in [5.41, 5.74) is -0.156. The van der Waals surface area contributed by atoms with Crippen molar-refractivity contribution in [1.82, 2.24) is 4.90 Å². The van der Waals surface area contributed by atoms with Crippen LogP contribution in [0.4, 0.5) is 0 Å². The number of nitrogens with zero attached hydrogens (tertiary/aromatic N) is 1. The number of hydrogen-bond donors (Lipinski definition) is 1. The Morgan fingerprint density at radius 2 is 1.86 bits per heavy atom. The average molecular weight is 201 g/mol. The van der Waals surface area contributed by atoms with Gasteiger partial charge in [0.1, 0.15) is 0 Å². The molecule has 0 aliphatic carbocycles. The molecular weight excluding hydrogens is 178 g/mol. The van der Waals surface area contributed by atoms with Crippen LogP contribution in [0, 0.1) is 0 Å². The van der Waals surface area contributed by atoms with Gasteiger partial charge in [-0.25, -0.2) is 0 Å². The number of hydrogen-bond acceptors (Lipinski definition) is 3. The summed E-state index contributed by atoms with van der Waals surface area (Å²) in [7, 11) is 1.63. The van der Waals surface area contributed by atoms with E-state index in [2.05, 4.69) is 18.7 Å². The Morgan fingerprint density at radius 1 is 1.29 bits per heavy atom. The Hall–Kier alpha value is -0.120. The molecule has 0 bridgehead atoms. The first-order chi connectivity index (χ1) is 6.59. The molecule has 0 aromatic carbocycles. The second kappa shape index (κ2) is 5.10. The summed E-state index contributed by atoms with van der Waals surface area (Å²) in [6.45, 7) is 6.83. The third-order valence-electron chi connectivity index (χ3n) is 3.31. The Labute approximate surface area is 87.1 Å². The van der Waals surface area contributed by atoms with Crippen molar-refractivity contribution in [2.45, 2.75) is 44.8 Å². The number of rotatable bonds is 4. The van der Waals surface area contributed by atoms with Gasteiger partial charge >= 0.3 is 0 Å². The SMILES string of the molecule is COCC(O)C(C)(C)N1CCCCC1. The van der Waals surface area contributed by atoms with Gasteiger partial charge in [0.15, 0.2) is 0 Å². The zero-order chi connectivity index (χ0) is 10.6. The van der Waals surface area contributed by atoms with E-state index in [9.17, 15) is 5.11 Å². The highest BCUT2D eigenvalue weighted by Crippen LogP contribution is 2.23. The minimum atomic E-state index is -0.398. The van der Waals surface area contributed by atoms with Gasteiger partial charge in [-0.05, 0) is 39.8 Å². The van der Waals surface area contributed by atoms with Crippen LogP contribution in [-0.2, 0) is 4.74 Å². The Morgan fingerprint density at radius 3 is 2.36 bits per heavy atom. The molecule has 1 saturated heterocycles. The molecule has 1 rings (SSSR count). The molecule has 1 fully saturated rings. The molecule has 14 heavy (non-hydrogen) atoms. The predicted molar refractivity (Wildman–Crippen MR) is 57.4 cm³/mol. The number of ether oxygens (including phenoxy) is 1. The molecule has 0 aromatic heterocycles. The largest absolute Gasteiger partial charge is 0.389 e. The van der Waals surface area contributed by atoms with Crippen LogP contribution >= 0.6 is 0 Å². The number of methoxy groups -OCH3 is 1. The highest BCUT2D eigenvalue weighted by Gasteiger charge is 2.34. The summed E-state index contributed by atoms with van der Waals surface area (Å²) in [6.07, 6.45) is 3.43. The highest BCUT2D eigenvalue weighted by atomic mass is 16.5. The van der Waals surface area contributed by atoms with Gasteiger partial charge in [0.2, 0.25) is 0 Å². The maximum atomic E-state index is 9.96. The maximum absolute atomic E-state index is 9.96. The van der Waals surface area contributed by atoms with Crippen LogP contribution in [0.25, 0.3) is 0 Å². The van der Waals surface area contributed by atoms with E-state index in [1.54, 1.807) is 7.11 Å². The van der Waals surface area contributed by atoms with E-state index < -0.39 is 6.10 Å². The van der Waals surface area contributed by atoms with Crippen LogP contribution in [0.15, 0.2) is 0 Å². The lowest BCUT2D eigenvalue weighted by Gasteiger charge is -2.43. The molecule has 1 unspecified atom stereocenters. The molecule has 0 spiro atoms. The number of aliphatic hydroxyl groups is 1. The van der Waals surface area contributed by atoms with Crippen LogP contribution in [-0.4, -0.2) is 48.5 Å². The summed E-state index contributed by atoms with van der Waals surface area (Å²) >= 11 is 0. The lowest BCUT2D eigenvalue weighted by atomic mass is 9.93. The average Bonchev–Trinajstić information content (AvgIpc) is 2.19. The molecule has 1 heterocycles. The van der Waals surface area contributed by atoms with E-state index >= 15 is 0 Å². The Bertz CT molecular complexity index is 165. The molecule has 0 radical (unpaired) electrons. The van der Waals surface area contributed by atoms with Crippen molar-refractivity contribution in [2.24, 2.45) is 0 Å². The fourth-order valence-corrected chi connectivity index (χ4v) is 2.04. The summed E-state index contributed by atoms with van der Waals surface area (Å²) in [6, 6.07) is 0. The third-order valence-corrected chi connectivity index (χ3v) is 3.31. The van der Waals surface area contributed by atoms with Crippen LogP contribution in [0.5, 0.6) is 0 Å². The molecule has 0 amide bonds. The van der Waals surface area contributed by atoms with Crippen molar-refractivity contribution in [3.05, 3.63) is 0 Å². The molecule has 1 atom stereocenters. The summed E-state index contributed by atoms with van der Waals surface area (Å²) in [5.74, 6) is 0. The molecule has 1 aliphatic heterocycles. The minimum Gasteiger partial charge on any atom is -0.389 e. The fraction of sp³-hybridized carbons (Fsp3) is 1.00. The summed E-state index contributed by atoms with van der Waals surface area (Å²) in [5, 5.41) is 9.96. The molecule has 1 aliphatic rings. The number of aliphatic hydroxyl groups excluding tert-OH is 1. The summed E-state index contributed by atoms with van der Waals surface area (Å²) in [4.78, 5) is 2.38. The van der Waals surface area contributed by atoms with Gasteiger partial charge in [0.05, 0.1) is 12.7 Å². The van der Waals surface area contributed by atoms with Crippen LogP contribution in [0.1, 0.15) is 33.1 Å². The quantitative estimate of drug-likeness (QED) is 0.743. The Kier molecular flexibility index (Phi) is 4.35. The zero-order valence-corrected chi connectivity index (χ0v) is 9.62. The van der Waals surface area contributed by atoms with E-state index in [4.69, 9.17) is 4.74 Å². The highest BCUT2D eigenvalue weighted by molar-refractivity contribution is 4.89. The van der Waals surface area contributed by atoms with E-state index in [0.29, 0.717) is 6.61 Å². The topological polar surface area (TPSA) is 32.7 Å². The first-order valence-corrected chi connectivity index (χ1v) is 5.51. The van der Waals surface area contributed by atoms with Crippen molar-refractivity contribution >= 4 is 0 Å². The van der Waals surface area contributed by atoms with Gasteiger partial charge in [-0.15, -0.1) is 0 Å². The van der Waals surface area contributed by atoms with Crippen LogP contribution < -0.4 is 0 Å². The van der Waals surface area contributed by atoms with Gasteiger partial charge in [-0.2, -0.15) is 0 Å². The number of piperidine rings is 1. The molecule has 0 saturated carbocycles. The Balaban J connectivity index is 2.52. The molecule has 84 valence electrons. The maximum Gasteiger partial charge on any atom is 0.0951 e. The van der Waals surface area contributed by atoms with Crippen LogP contribution in [0.2, 0.25) is 0 Å². The van der Waals surface area contributed by atoms with Gasteiger partial charge < -0.3 is 9.84 Å². The predicted octanol–water partition coefficient (Wildman–Crippen LogP) is 1.26. The van der Waals surface area contributed by atoms with Gasteiger partial charge in [-0.3, -0.25) is 4.90 Å². The standard InChI is InChI=1S/C11H23NO2/c1-11(2,10(13)9-14-3)12-7-5-4-6-8-12/h10,13H,4-9H2,1-3H3. The first kappa shape index (κ1) is 12.0. The molecular formula is C11H23NO2. The normalized spacial score (nSPS) is 22.3. The van der Waals surface area contributed by atoms with Crippen molar-refractivity contribution in [1.29, 1.82) is 0 Å². The molecule has 3 nitrogen and oxygen atoms in total. The second-order valence-corrected chi connectivity index (χ2v) is 4.67. The van der Waals surface area contributed by atoms with E-state index in [0.717, 1.165) is 13.1 Å². The molecule has 1 N–H and O–H groups in total. The van der Waals surface area contributed by atoms with E-state index in [1.165, 1.54) is 19.3 Å². The fourth-order valence-electron chi connectivity index (χ4n) is 2.04. The van der Waals surface area contributed by atoms with Gasteiger partial charge in [-0.1, -0.05) is 6.42 Å². The third kappa shape index (κ3) is 2.69. The summed E-state index contributed by atoms with van der Waals surface area (Å²) < 4.78 is 5.00. The van der Waals surface area contributed by atoms with E-state index in [1.807, 2.05) is 0 Å². The molecule has 3 heteroatoms.